The number of carbonyl (C=O) groups excluding carboxylic acids is 1. The molecule has 19 heavy (non-hydrogen) atoms. The first-order valence-electron chi connectivity index (χ1n) is 6.52. The standard InChI is InChI=1S/C15H21NO3/c1-3-13(17)11-16-15(18)10-7-12-5-8-14(9-6-12)19-4-2/h5-10,13,17H,3-4,11H2,1-2H3,(H,16,18)/b10-7+. The molecule has 0 aliphatic carbocycles. The van der Waals surface area contributed by atoms with Crippen molar-refractivity contribution >= 4 is 12.0 Å². The number of hydrogen-bond donors (Lipinski definition) is 2. The van der Waals surface area contributed by atoms with Crippen LogP contribution in [0.4, 0.5) is 0 Å². The highest BCUT2D eigenvalue weighted by Crippen LogP contribution is 2.12. The molecule has 1 unspecified atom stereocenters. The summed E-state index contributed by atoms with van der Waals surface area (Å²) < 4.78 is 5.33. The van der Waals surface area contributed by atoms with Crippen LogP contribution in [0.25, 0.3) is 6.08 Å². The fraction of sp³-hybridized carbons (Fsp3) is 0.400. The maximum Gasteiger partial charge on any atom is 0.244 e. The van der Waals surface area contributed by atoms with E-state index in [2.05, 4.69) is 5.32 Å². The van der Waals surface area contributed by atoms with Gasteiger partial charge in [0.05, 0.1) is 12.7 Å². The highest BCUT2D eigenvalue weighted by atomic mass is 16.5. The molecule has 4 nitrogen and oxygen atoms in total. The summed E-state index contributed by atoms with van der Waals surface area (Å²) in [5, 5.41) is 12.0. The number of rotatable bonds is 7. The van der Waals surface area contributed by atoms with Crippen molar-refractivity contribution in [3.8, 4) is 5.75 Å². The maximum atomic E-state index is 11.5. The van der Waals surface area contributed by atoms with Crippen molar-refractivity contribution in [2.75, 3.05) is 13.2 Å². The van der Waals surface area contributed by atoms with E-state index < -0.39 is 6.10 Å². The Balaban J connectivity index is 2.44. The highest BCUT2D eigenvalue weighted by Gasteiger charge is 2.01. The minimum atomic E-state index is -0.483. The highest BCUT2D eigenvalue weighted by molar-refractivity contribution is 5.91. The molecule has 1 amide bonds. The van der Waals surface area contributed by atoms with Crippen molar-refractivity contribution in [1.82, 2.24) is 5.32 Å². The zero-order chi connectivity index (χ0) is 14.1. The van der Waals surface area contributed by atoms with Crippen molar-refractivity contribution in [2.45, 2.75) is 26.4 Å². The molecule has 0 saturated carbocycles. The van der Waals surface area contributed by atoms with Crippen LogP contribution in [-0.4, -0.2) is 30.3 Å². The molecular weight excluding hydrogens is 242 g/mol. The number of aliphatic hydroxyl groups is 1. The molecule has 1 aromatic carbocycles. The van der Waals surface area contributed by atoms with Gasteiger partial charge in [0.15, 0.2) is 0 Å². The van der Waals surface area contributed by atoms with Crippen molar-refractivity contribution in [2.24, 2.45) is 0 Å². The lowest BCUT2D eigenvalue weighted by molar-refractivity contribution is -0.116. The molecule has 104 valence electrons. The predicted octanol–water partition coefficient (Wildman–Crippen LogP) is 1.99. The number of ether oxygens (including phenoxy) is 1. The van der Waals surface area contributed by atoms with Crippen LogP contribution < -0.4 is 10.1 Å². The number of amides is 1. The number of carbonyl (C=O) groups is 1. The summed E-state index contributed by atoms with van der Waals surface area (Å²) >= 11 is 0. The lowest BCUT2D eigenvalue weighted by atomic mass is 10.2. The monoisotopic (exact) mass is 263 g/mol. The third-order valence-corrected chi connectivity index (χ3v) is 2.60. The van der Waals surface area contributed by atoms with Crippen LogP contribution in [0.2, 0.25) is 0 Å². The third-order valence-electron chi connectivity index (χ3n) is 2.60. The first kappa shape index (κ1) is 15.2. The molecule has 1 aromatic rings. The van der Waals surface area contributed by atoms with E-state index in [0.717, 1.165) is 11.3 Å². The average Bonchev–Trinajstić information content (AvgIpc) is 2.44. The normalized spacial score (nSPS) is 12.4. The minimum absolute atomic E-state index is 0.207. The number of nitrogens with one attached hydrogen (secondary N) is 1. The maximum absolute atomic E-state index is 11.5. The molecule has 0 fully saturated rings. The fourth-order valence-corrected chi connectivity index (χ4v) is 1.44. The molecule has 0 bridgehead atoms. The zero-order valence-corrected chi connectivity index (χ0v) is 11.4. The van der Waals surface area contributed by atoms with Crippen molar-refractivity contribution in [3.05, 3.63) is 35.9 Å². The molecule has 0 saturated heterocycles. The summed E-state index contributed by atoms with van der Waals surface area (Å²) in [4.78, 5) is 11.5. The molecule has 0 aliphatic rings. The summed E-state index contributed by atoms with van der Waals surface area (Å²) in [6, 6.07) is 7.50. The number of benzene rings is 1. The van der Waals surface area contributed by atoms with Gasteiger partial charge in [-0.25, -0.2) is 0 Å². The number of hydrogen-bond acceptors (Lipinski definition) is 3. The second kappa shape index (κ2) is 8.32. The van der Waals surface area contributed by atoms with Gasteiger partial charge in [0.1, 0.15) is 5.75 Å². The van der Waals surface area contributed by atoms with E-state index in [1.165, 1.54) is 6.08 Å². The van der Waals surface area contributed by atoms with Gasteiger partial charge in [-0.15, -0.1) is 0 Å². The number of aliphatic hydroxyl groups excluding tert-OH is 1. The van der Waals surface area contributed by atoms with Gasteiger partial charge < -0.3 is 15.2 Å². The molecular formula is C15H21NO3. The molecule has 0 radical (unpaired) electrons. The molecule has 0 spiro atoms. The third kappa shape index (κ3) is 6.06. The summed E-state index contributed by atoms with van der Waals surface area (Å²) in [6.45, 7) is 4.72. The van der Waals surface area contributed by atoms with E-state index in [9.17, 15) is 9.90 Å². The quantitative estimate of drug-likeness (QED) is 0.740. The second-order valence-electron chi connectivity index (χ2n) is 4.14. The summed E-state index contributed by atoms with van der Waals surface area (Å²) in [5.41, 5.74) is 0.926. The summed E-state index contributed by atoms with van der Waals surface area (Å²) in [5.74, 6) is 0.608. The van der Waals surface area contributed by atoms with Crippen molar-refractivity contribution in [3.63, 3.8) is 0 Å². The lowest BCUT2D eigenvalue weighted by Gasteiger charge is -2.07. The topological polar surface area (TPSA) is 58.6 Å². The van der Waals surface area contributed by atoms with Crippen LogP contribution in [0.5, 0.6) is 5.75 Å². The van der Waals surface area contributed by atoms with Crippen LogP contribution >= 0.6 is 0 Å². The van der Waals surface area contributed by atoms with E-state index in [0.29, 0.717) is 13.0 Å². The molecule has 0 aromatic heterocycles. The fourth-order valence-electron chi connectivity index (χ4n) is 1.44. The van der Waals surface area contributed by atoms with Gasteiger partial charge in [-0.3, -0.25) is 4.79 Å². The van der Waals surface area contributed by atoms with Crippen molar-refractivity contribution < 1.29 is 14.6 Å². The SMILES string of the molecule is CCOc1ccc(/C=C/C(=O)NCC(O)CC)cc1. The van der Waals surface area contributed by atoms with Crippen LogP contribution in [0.3, 0.4) is 0 Å². The van der Waals surface area contributed by atoms with Gasteiger partial charge in [0.25, 0.3) is 0 Å². The minimum Gasteiger partial charge on any atom is -0.494 e. The van der Waals surface area contributed by atoms with Crippen LogP contribution in [0, 0.1) is 0 Å². The largest absolute Gasteiger partial charge is 0.494 e. The Morgan fingerprint density at radius 3 is 2.63 bits per heavy atom. The Morgan fingerprint density at radius 1 is 1.37 bits per heavy atom. The molecule has 0 heterocycles. The van der Waals surface area contributed by atoms with E-state index in [-0.39, 0.29) is 12.5 Å². The van der Waals surface area contributed by atoms with Gasteiger partial charge in [0.2, 0.25) is 5.91 Å². The second-order valence-corrected chi connectivity index (χ2v) is 4.14. The average molecular weight is 263 g/mol. The molecule has 1 rings (SSSR count). The van der Waals surface area contributed by atoms with Crippen molar-refractivity contribution in [1.29, 1.82) is 0 Å². The summed E-state index contributed by atoms with van der Waals surface area (Å²) in [7, 11) is 0. The van der Waals surface area contributed by atoms with Crippen LogP contribution in [0.15, 0.2) is 30.3 Å². The Bertz CT molecular complexity index is 412. The van der Waals surface area contributed by atoms with E-state index in [1.54, 1.807) is 6.08 Å². The molecule has 1 atom stereocenters. The lowest BCUT2D eigenvalue weighted by Crippen LogP contribution is -2.30. The predicted molar refractivity (Wildman–Crippen MR) is 76.0 cm³/mol. The first-order valence-corrected chi connectivity index (χ1v) is 6.52. The van der Waals surface area contributed by atoms with Gasteiger partial charge in [0, 0.05) is 12.6 Å². The zero-order valence-electron chi connectivity index (χ0n) is 11.4. The molecule has 0 aliphatic heterocycles. The smallest absolute Gasteiger partial charge is 0.244 e. The van der Waals surface area contributed by atoms with Crippen LogP contribution in [-0.2, 0) is 4.79 Å². The molecule has 4 heteroatoms. The Kier molecular flexibility index (Phi) is 6.68. The van der Waals surface area contributed by atoms with Gasteiger partial charge in [-0.2, -0.15) is 0 Å². The first-order chi connectivity index (χ1) is 9.15. The van der Waals surface area contributed by atoms with E-state index in [1.807, 2.05) is 38.1 Å². The Hall–Kier alpha value is -1.81. The Labute approximate surface area is 114 Å². The summed E-state index contributed by atoms with van der Waals surface area (Å²) in [6.07, 6.45) is 3.33. The molecule has 2 N–H and O–H groups in total. The van der Waals surface area contributed by atoms with E-state index in [4.69, 9.17) is 4.74 Å². The van der Waals surface area contributed by atoms with Gasteiger partial charge in [-0.1, -0.05) is 19.1 Å². The van der Waals surface area contributed by atoms with Gasteiger partial charge in [-0.05, 0) is 37.1 Å². The van der Waals surface area contributed by atoms with Crippen LogP contribution in [0.1, 0.15) is 25.8 Å². The van der Waals surface area contributed by atoms with E-state index >= 15 is 0 Å². The Morgan fingerprint density at radius 2 is 2.05 bits per heavy atom. The van der Waals surface area contributed by atoms with Gasteiger partial charge >= 0.3 is 0 Å².